The minimum absolute atomic E-state index is 0.0990. The van der Waals surface area contributed by atoms with Gasteiger partial charge in [-0.1, -0.05) is 80.8 Å². The van der Waals surface area contributed by atoms with Gasteiger partial charge >= 0.3 is 5.97 Å². The Hall–Kier alpha value is -5.44. The molecule has 7 rings (SSSR count). The van der Waals surface area contributed by atoms with Crippen molar-refractivity contribution in [3.63, 3.8) is 0 Å². The molecule has 2 aliphatic heterocycles. The number of benzene rings is 5. The third-order valence-electron chi connectivity index (χ3n) is 10.6. The summed E-state index contributed by atoms with van der Waals surface area (Å²) in [5.41, 5.74) is 5.81. The molecule has 0 N–H and O–H groups in total. The Morgan fingerprint density at radius 3 is 1.57 bits per heavy atom. The average Bonchev–Trinajstić information content (AvgIpc) is 4.21. The maximum atomic E-state index is 14.1. The fraction of sp³-hybridized carbons (Fsp3) is 0.360. The second-order valence-corrected chi connectivity index (χ2v) is 15.2. The molecule has 2 atom stereocenters. The van der Waals surface area contributed by atoms with Gasteiger partial charge in [-0.05, 0) is 128 Å². The molecule has 2 saturated heterocycles. The van der Waals surface area contributed by atoms with Crippen LogP contribution < -0.4 is 19.1 Å². The average molecular weight is 782 g/mol. The van der Waals surface area contributed by atoms with Crippen LogP contribution in [0.3, 0.4) is 0 Å². The first-order chi connectivity index (χ1) is 28.5. The molecule has 8 heteroatoms. The van der Waals surface area contributed by atoms with Crippen molar-refractivity contribution in [1.29, 1.82) is 0 Å². The van der Waals surface area contributed by atoms with Gasteiger partial charge in [-0.2, -0.15) is 0 Å². The molecule has 8 nitrogen and oxygen atoms in total. The van der Waals surface area contributed by atoms with E-state index in [4.69, 9.17) is 23.7 Å². The van der Waals surface area contributed by atoms with Crippen LogP contribution in [0.1, 0.15) is 91.8 Å². The zero-order chi connectivity index (χ0) is 39.9. The van der Waals surface area contributed by atoms with Gasteiger partial charge in [0.05, 0.1) is 44.2 Å². The number of hydrogen-bond donors (Lipinski definition) is 0. The summed E-state index contributed by atoms with van der Waals surface area (Å²) in [6, 6.07) is 38.5. The van der Waals surface area contributed by atoms with E-state index in [0.717, 1.165) is 111 Å². The number of carbonyl (C=O) groups is 2. The number of anilines is 1. The van der Waals surface area contributed by atoms with Crippen molar-refractivity contribution in [3.05, 3.63) is 132 Å². The Labute approximate surface area is 343 Å². The molecule has 2 fully saturated rings. The van der Waals surface area contributed by atoms with Gasteiger partial charge in [0.2, 0.25) is 0 Å². The van der Waals surface area contributed by atoms with E-state index in [1.54, 1.807) is 29.2 Å². The fourth-order valence-corrected chi connectivity index (χ4v) is 6.97. The van der Waals surface area contributed by atoms with Gasteiger partial charge in [0, 0.05) is 23.9 Å². The van der Waals surface area contributed by atoms with Crippen LogP contribution >= 0.6 is 0 Å². The van der Waals surface area contributed by atoms with Crippen LogP contribution in [0, 0.1) is 0 Å². The second-order valence-electron chi connectivity index (χ2n) is 15.2. The predicted molar refractivity (Wildman–Crippen MR) is 229 cm³/mol. The number of epoxide rings is 2. The number of ether oxygens (including phenoxy) is 5. The number of hydrogen-bond acceptors (Lipinski definition) is 7. The number of esters is 1. The molecule has 302 valence electrons. The summed E-state index contributed by atoms with van der Waals surface area (Å²) in [5.74, 6) is 1.52. The summed E-state index contributed by atoms with van der Waals surface area (Å²) in [4.78, 5) is 29.2. The van der Waals surface area contributed by atoms with Crippen molar-refractivity contribution in [2.45, 2.75) is 83.3 Å². The quantitative estimate of drug-likeness (QED) is 0.0282. The fourth-order valence-electron chi connectivity index (χ4n) is 6.97. The summed E-state index contributed by atoms with van der Waals surface area (Å²) in [7, 11) is 0. The van der Waals surface area contributed by atoms with E-state index in [-0.39, 0.29) is 5.91 Å². The van der Waals surface area contributed by atoms with Crippen LogP contribution in [-0.4, -0.2) is 57.1 Å². The Balaban J connectivity index is 0.944. The van der Waals surface area contributed by atoms with Gasteiger partial charge in [0.1, 0.15) is 17.2 Å². The van der Waals surface area contributed by atoms with Crippen LogP contribution in [0.5, 0.6) is 17.2 Å². The molecule has 0 radical (unpaired) electrons. The monoisotopic (exact) mass is 781 g/mol. The van der Waals surface area contributed by atoms with E-state index in [1.807, 2.05) is 84.9 Å². The summed E-state index contributed by atoms with van der Waals surface area (Å²) >= 11 is 0. The van der Waals surface area contributed by atoms with Gasteiger partial charge < -0.3 is 28.6 Å². The first kappa shape index (κ1) is 40.7. The third kappa shape index (κ3) is 12.3. The van der Waals surface area contributed by atoms with Crippen molar-refractivity contribution >= 4 is 17.6 Å². The summed E-state index contributed by atoms with van der Waals surface area (Å²) in [6.07, 6.45) is 11.5. The summed E-state index contributed by atoms with van der Waals surface area (Å²) < 4.78 is 28.2. The van der Waals surface area contributed by atoms with Crippen LogP contribution in [0.25, 0.3) is 22.3 Å². The van der Waals surface area contributed by atoms with Crippen LogP contribution in [-0.2, 0) is 9.47 Å². The lowest BCUT2D eigenvalue weighted by Gasteiger charge is -2.24. The highest BCUT2D eigenvalue weighted by Gasteiger charge is 2.22. The Kier molecular flexibility index (Phi) is 14.6. The number of carbonyl (C=O) groups excluding carboxylic acids is 2. The lowest BCUT2D eigenvalue weighted by atomic mass is 10.0. The predicted octanol–water partition coefficient (Wildman–Crippen LogP) is 11.4. The van der Waals surface area contributed by atoms with Crippen molar-refractivity contribution in [3.8, 4) is 39.5 Å². The number of rotatable bonds is 23. The number of unbranched alkanes of at least 4 members (excludes halogenated alkanes) is 5. The molecule has 5 aromatic rings. The molecule has 5 aromatic carbocycles. The summed E-state index contributed by atoms with van der Waals surface area (Å²) in [5, 5.41) is 0. The largest absolute Gasteiger partial charge is 0.494 e. The molecule has 0 aliphatic carbocycles. The zero-order valence-corrected chi connectivity index (χ0v) is 33.6. The molecular weight excluding hydrogens is 727 g/mol. The minimum atomic E-state index is -0.462. The lowest BCUT2D eigenvalue weighted by molar-refractivity contribution is 0.0734. The molecular formula is C50H55NO7. The van der Waals surface area contributed by atoms with Crippen molar-refractivity contribution in [1.82, 2.24) is 0 Å². The maximum absolute atomic E-state index is 14.1. The van der Waals surface area contributed by atoms with Gasteiger partial charge in [0.25, 0.3) is 5.91 Å². The normalized spacial score (nSPS) is 15.4. The highest BCUT2D eigenvalue weighted by atomic mass is 16.6. The summed E-state index contributed by atoms with van der Waals surface area (Å²) in [6.45, 7) is 5.93. The van der Waals surface area contributed by atoms with Crippen molar-refractivity contribution in [2.24, 2.45) is 0 Å². The SMILES string of the molecule is CCCCCCN(C(=O)c1ccc(-c2ccc(OCCCCC3CO3)cc2)cc1)c1cccc(OC(=O)c2ccc(-c3ccc(OCCCCC4CO4)cc3)cc2)c1. The maximum Gasteiger partial charge on any atom is 0.343 e. The molecule has 0 aromatic heterocycles. The first-order valence-corrected chi connectivity index (χ1v) is 21.1. The van der Waals surface area contributed by atoms with Gasteiger partial charge in [-0.3, -0.25) is 4.79 Å². The van der Waals surface area contributed by atoms with E-state index in [1.165, 1.54) is 0 Å². The molecule has 1 amide bonds. The van der Waals surface area contributed by atoms with Crippen LogP contribution in [0.2, 0.25) is 0 Å². The molecule has 2 aliphatic rings. The lowest BCUT2D eigenvalue weighted by Crippen LogP contribution is -2.32. The Morgan fingerprint density at radius 1 is 0.569 bits per heavy atom. The number of amides is 1. The standard InChI is InChI=1S/C50H55NO7/c1-2-3-4-7-31-51(49(52)41-19-15-37(16-20-41)39-23-27-44(28-24-39)54-32-8-5-12-47-35-56-47)43-11-10-14-46(34-43)58-50(53)42-21-17-38(18-22-42)40-25-29-45(30-26-40)55-33-9-6-13-48-36-57-48/h10-11,14-30,34,47-48H,2-9,12-13,31-33,35-36H2,1H3. The third-order valence-corrected chi connectivity index (χ3v) is 10.6. The molecule has 2 unspecified atom stereocenters. The molecule has 0 bridgehead atoms. The molecule has 0 spiro atoms. The smallest absolute Gasteiger partial charge is 0.343 e. The number of nitrogens with zero attached hydrogens (tertiary/aromatic N) is 1. The van der Waals surface area contributed by atoms with Crippen LogP contribution in [0.15, 0.2) is 121 Å². The van der Waals surface area contributed by atoms with E-state index < -0.39 is 5.97 Å². The second kappa shape index (κ2) is 20.8. The molecule has 2 heterocycles. The minimum Gasteiger partial charge on any atom is -0.494 e. The van der Waals surface area contributed by atoms with E-state index >= 15 is 0 Å². The van der Waals surface area contributed by atoms with Crippen LogP contribution in [0.4, 0.5) is 5.69 Å². The van der Waals surface area contributed by atoms with Gasteiger partial charge in [0.15, 0.2) is 0 Å². The molecule has 0 saturated carbocycles. The highest BCUT2D eigenvalue weighted by Crippen LogP contribution is 2.28. The van der Waals surface area contributed by atoms with E-state index in [9.17, 15) is 9.59 Å². The topological polar surface area (TPSA) is 90.1 Å². The Morgan fingerprint density at radius 2 is 1.07 bits per heavy atom. The van der Waals surface area contributed by atoms with E-state index in [0.29, 0.717) is 54.5 Å². The van der Waals surface area contributed by atoms with E-state index in [2.05, 4.69) is 19.1 Å². The van der Waals surface area contributed by atoms with Crippen molar-refractivity contribution < 1.29 is 33.3 Å². The van der Waals surface area contributed by atoms with Gasteiger partial charge in [-0.25, -0.2) is 4.79 Å². The Bertz CT molecular complexity index is 2040. The first-order valence-electron chi connectivity index (χ1n) is 21.1. The van der Waals surface area contributed by atoms with Gasteiger partial charge in [-0.15, -0.1) is 0 Å². The van der Waals surface area contributed by atoms with Crippen molar-refractivity contribution in [2.75, 3.05) is 37.9 Å². The zero-order valence-electron chi connectivity index (χ0n) is 33.6. The highest BCUT2D eigenvalue weighted by molar-refractivity contribution is 6.06. The molecule has 58 heavy (non-hydrogen) atoms.